The fourth-order valence-electron chi connectivity index (χ4n) is 4.21. The zero-order chi connectivity index (χ0) is 14.1. The first-order valence-electron chi connectivity index (χ1n) is 7.80. The third-order valence-electron chi connectivity index (χ3n) is 5.21. The summed E-state index contributed by atoms with van der Waals surface area (Å²) in [6.07, 6.45) is 7.69. The fourth-order valence-corrected chi connectivity index (χ4v) is 4.21. The molecule has 3 atom stereocenters. The lowest BCUT2D eigenvalue weighted by Crippen LogP contribution is -2.45. The Morgan fingerprint density at radius 1 is 1.10 bits per heavy atom. The molecule has 3 unspecified atom stereocenters. The molecule has 1 heterocycles. The lowest BCUT2D eigenvalue weighted by molar-refractivity contribution is -0.152. The van der Waals surface area contributed by atoms with Crippen LogP contribution in [0.4, 0.5) is 0 Å². The van der Waals surface area contributed by atoms with Crippen LogP contribution in [0.15, 0.2) is 0 Å². The molecule has 0 aromatic rings. The van der Waals surface area contributed by atoms with Gasteiger partial charge in [-0.3, -0.25) is 4.79 Å². The van der Waals surface area contributed by atoms with Gasteiger partial charge in [0.1, 0.15) is 12.6 Å². The van der Waals surface area contributed by atoms with Gasteiger partial charge >= 0.3 is 5.97 Å². The van der Waals surface area contributed by atoms with E-state index in [1.807, 2.05) is 0 Å². The van der Waals surface area contributed by atoms with Gasteiger partial charge in [0.15, 0.2) is 0 Å². The maximum absolute atomic E-state index is 12.3. The topological polar surface area (TPSA) is 66.8 Å². The second-order valence-electron chi connectivity index (χ2n) is 6.40. The van der Waals surface area contributed by atoms with Gasteiger partial charge in [0.2, 0.25) is 5.91 Å². The third kappa shape index (κ3) is 2.55. The lowest BCUT2D eigenvalue weighted by Gasteiger charge is -2.25. The van der Waals surface area contributed by atoms with Gasteiger partial charge in [-0.2, -0.15) is 0 Å². The van der Waals surface area contributed by atoms with Crippen LogP contribution >= 0.6 is 0 Å². The quantitative estimate of drug-likeness (QED) is 0.851. The number of carbonyl (C=O) groups excluding carboxylic acids is 1. The molecule has 5 heteroatoms. The van der Waals surface area contributed by atoms with Crippen LogP contribution in [0.3, 0.4) is 0 Å². The number of carbonyl (C=O) groups is 2. The number of hydrogen-bond acceptors (Lipinski definition) is 3. The van der Waals surface area contributed by atoms with Crippen LogP contribution in [0.1, 0.15) is 44.9 Å². The smallest absolute Gasteiger partial charge is 0.326 e. The number of rotatable bonds is 4. The van der Waals surface area contributed by atoms with Crippen LogP contribution in [0.5, 0.6) is 0 Å². The Kier molecular flexibility index (Phi) is 3.96. The summed E-state index contributed by atoms with van der Waals surface area (Å²) in [5.74, 6) is -0.457. The highest BCUT2D eigenvalue weighted by atomic mass is 16.5. The molecule has 1 amide bonds. The number of carboxylic acid groups (broad SMARTS) is 1. The average molecular weight is 281 g/mol. The first-order valence-corrected chi connectivity index (χ1v) is 7.80. The fraction of sp³-hybridized carbons (Fsp3) is 0.867. The highest BCUT2D eigenvalue weighted by Gasteiger charge is 2.49. The first kappa shape index (κ1) is 13.9. The lowest BCUT2D eigenvalue weighted by atomic mass is 9.94. The predicted octanol–water partition coefficient (Wildman–Crippen LogP) is 1.66. The van der Waals surface area contributed by atoms with Crippen LogP contribution in [-0.2, 0) is 14.3 Å². The van der Waals surface area contributed by atoms with Crippen molar-refractivity contribution < 1.29 is 19.4 Å². The number of ether oxygens (including phenoxy) is 1. The van der Waals surface area contributed by atoms with Crippen molar-refractivity contribution in [3.63, 3.8) is 0 Å². The van der Waals surface area contributed by atoms with E-state index in [0.717, 1.165) is 32.1 Å². The van der Waals surface area contributed by atoms with E-state index in [-0.39, 0.29) is 24.5 Å². The van der Waals surface area contributed by atoms with E-state index in [0.29, 0.717) is 12.5 Å². The number of aliphatic carboxylic acids is 1. The minimum absolute atomic E-state index is 0.0495. The van der Waals surface area contributed by atoms with E-state index in [1.165, 1.54) is 12.8 Å². The molecule has 0 aromatic carbocycles. The number of carboxylic acids is 1. The number of fused-ring (bicyclic) bond motifs is 1. The van der Waals surface area contributed by atoms with Crippen molar-refractivity contribution in [1.29, 1.82) is 0 Å². The molecule has 5 nitrogen and oxygen atoms in total. The van der Waals surface area contributed by atoms with E-state index in [4.69, 9.17) is 4.74 Å². The molecule has 0 bridgehead atoms. The molecule has 1 saturated heterocycles. The summed E-state index contributed by atoms with van der Waals surface area (Å²) in [6.45, 7) is 0.655. The monoisotopic (exact) mass is 281 g/mol. The van der Waals surface area contributed by atoms with Crippen LogP contribution in [0.2, 0.25) is 0 Å². The molecule has 20 heavy (non-hydrogen) atoms. The van der Waals surface area contributed by atoms with E-state index in [2.05, 4.69) is 0 Å². The summed E-state index contributed by atoms with van der Waals surface area (Å²) >= 11 is 0. The highest BCUT2D eigenvalue weighted by molar-refractivity contribution is 5.85. The zero-order valence-electron chi connectivity index (χ0n) is 11.8. The molecule has 112 valence electrons. The molecule has 1 aliphatic heterocycles. The maximum Gasteiger partial charge on any atom is 0.326 e. The molecule has 1 N–H and O–H groups in total. The van der Waals surface area contributed by atoms with Crippen LogP contribution in [-0.4, -0.2) is 47.2 Å². The van der Waals surface area contributed by atoms with E-state index >= 15 is 0 Å². The summed E-state index contributed by atoms with van der Waals surface area (Å²) in [5, 5.41) is 9.42. The summed E-state index contributed by atoms with van der Waals surface area (Å²) in [6, 6.07) is -0.623. The Balaban J connectivity index is 1.59. The molecule has 2 aliphatic carbocycles. The van der Waals surface area contributed by atoms with Crippen LogP contribution < -0.4 is 0 Å². The van der Waals surface area contributed by atoms with Gasteiger partial charge in [-0.1, -0.05) is 19.3 Å². The zero-order valence-corrected chi connectivity index (χ0v) is 11.8. The van der Waals surface area contributed by atoms with Crippen molar-refractivity contribution in [2.75, 3.05) is 13.2 Å². The van der Waals surface area contributed by atoms with Crippen molar-refractivity contribution in [2.45, 2.75) is 57.1 Å². The summed E-state index contributed by atoms with van der Waals surface area (Å²) < 4.78 is 5.64. The first-order chi connectivity index (χ1) is 9.66. The number of likely N-dealkylation sites (tertiary alicyclic amines) is 1. The van der Waals surface area contributed by atoms with E-state index in [9.17, 15) is 14.7 Å². The third-order valence-corrected chi connectivity index (χ3v) is 5.21. The Bertz CT molecular complexity index is 391. The number of amides is 1. The van der Waals surface area contributed by atoms with Crippen LogP contribution in [0, 0.1) is 11.8 Å². The Hall–Kier alpha value is -1.10. The molecule has 0 radical (unpaired) electrons. The second-order valence-corrected chi connectivity index (χ2v) is 6.40. The van der Waals surface area contributed by atoms with Gasteiger partial charge in [0, 0.05) is 6.54 Å². The minimum atomic E-state index is -0.853. The molecule has 3 aliphatic rings. The minimum Gasteiger partial charge on any atom is -0.480 e. The summed E-state index contributed by atoms with van der Waals surface area (Å²) in [4.78, 5) is 25.3. The standard InChI is InChI=1S/C15H23NO4/c17-13(9-20-11-5-1-2-6-11)16-8-10-4-3-7-12(10)14(16)15(18)19/h10-12,14H,1-9H2,(H,18,19). The molecule has 0 spiro atoms. The van der Waals surface area contributed by atoms with E-state index < -0.39 is 12.0 Å². The highest BCUT2D eigenvalue weighted by Crippen LogP contribution is 2.42. The van der Waals surface area contributed by atoms with Gasteiger partial charge in [-0.25, -0.2) is 4.79 Å². The van der Waals surface area contributed by atoms with Crippen molar-refractivity contribution >= 4 is 11.9 Å². The normalized spacial score (nSPS) is 33.6. The van der Waals surface area contributed by atoms with Gasteiger partial charge < -0.3 is 14.7 Å². The van der Waals surface area contributed by atoms with E-state index in [1.54, 1.807) is 4.90 Å². The number of hydrogen-bond donors (Lipinski definition) is 1. The Morgan fingerprint density at radius 2 is 1.85 bits per heavy atom. The Labute approximate surface area is 119 Å². The van der Waals surface area contributed by atoms with Crippen molar-refractivity contribution in [3.8, 4) is 0 Å². The molecule has 3 fully saturated rings. The van der Waals surface area contributed by atoms with Crippen molar-refractivity contribution in [1.82, 2.24) is 4.90 Å². The Morgan fingerprint density at radius 3 is 2.55 bits per heavy atom. The number of nitrogens with zero attached hydrogens (tertiary/aromatic N) is 1. The largest absolute Gasteiger partial charge is 0.480 e. The molecular weight excluding hydrogens is 258 g/mol. The molecule has 0 aromatic heterocycles. The van der Waals surface area contributed by atoms with Gasteiger partial charge in [0.05, 0.1) is 6.10 Å². The molecule has 3 rings (SSSR count). The van der Waals surface area contributed by atoms with Gasteiger partial charge in [-0.05, 0) is 37.5 Å². The average Bonchev–Trinajstić information content (AvgIpc) is 3.10. The molecule has 2 saturated carbocycles. The summed E-state index contributed by atoms with van der Waals surface area (Å²) in [5.41, 5.74) is 0. The van der Waals surface area contributed by atoms with Crippen molar-refractivity contribution in [2.24, 2.45) is 11.8 Å². The van der Waals surface area contributed by atoms with Crippen molar-refractivity contribution in [3.05, 3.63) is 0 Å². The summed E-state index contributed by atoms with van der Waals surface area (Å²) in [7, 11) is 0. The second kappa shape index (κ2) is 5.72. The predicted molar refractivity (Wildman–Crippen MR) is 72.2 cm³/mol. The van der Waals surface area contributed by atoms with Gasteiger partial charge in [-0.15, -0.1) is 0 Å². The maximum atomic E-state index is 12.3. The van der Waals surface area contributed by atoms with Gasteiger partial charge in [0.25, 0.3) is 0 Å². The SMILES string of the molecule is O=C(O)C1C2CCCC2CN1C(=O)COC1CCCC1. The van der Waals surface area contributed by atoms with Crippen LogP contribution in [0.25, 0.3) is 0 Å². The molecular formula is C15H23NO4.